The first-order valence-electron chi connectivity index (χ1n) is 12.8. The van der Waals surface area contributed by atoms with E-state index in [1.165, 1.54) is 5.69 Å². The van der Waals surface area contributed by atoms with Gasteiger partial charge < -0.3 is 20.3 Å². The van der Waals surface area contributed by atoms with Crippen molar-refractivity contribution < 1.29 is 9.53 Å². The summed E-state index contributed by atoms with van der Waals surface area (Å²) >= 11 is 0. The van der Waals surface area contributed by atoms with Gasteiger partial charge >= 0.3 is 6.03 Å². The van der Waals surface area contributed by atoms with Crippen LogP contribution in [0.4, 0.5) is 16.4 Å². The molecule has 2 N–H and O–H groups in total. The molecule has 0 spiro atoms. The number of rotatable bonds is 6. The predicted octanol–water partition coefficient (Wildman–Crippen LogP) is 3.55. The molecule has 5 rings (SSSR count). The van der Waals surface area contributed by atoms with Crippen LogP contribution in [-0.2, 0) is 24.4 Å². The van der Waals surface area contributed by atoms with Gasteiger partial charge in [0.1, 0.15) is 12.1 Å². The molecule has 2 aliphatic rings. The predicted molar refractivity (Wildman–Crippen MR) is 142 cm³/mol. The summed E-state index contributed by atoms with van der Waals surface area (Å²) in [6.45, 7) is 12.7. The molecule has 0 saturated carbocycles. The Labute approximate surface area is 218 Å². The fourth-order valence-corrected chi connectivity index (χ4v) is 4.69. The Morgan fingerprint density at radius 1 is 1.11 bits per heavy atom. The lowest BCUT2D eigenvalue weighted by atomic mass is 10.0. The minimum atomic E-state index is -0.192. The molecule has 0 atom stereocenters. The molecule has 0 radical (unpaired) electrons. The molecule has 2 aromatic heterocycles. The van der Waals surface area contributed by atoms with Crippen LogP contribution >= 0.6 is 0 Å². The Balaban J connectivity index is 1.18. The molecular weight excluding hydrogens is 468 g/mol. The average Bonchev–Trinajstić information content (AvgIpc) is 3.21. The van der Waals surface area contributed by atoms with Crippen LogP contribution in [-0.4, -0.2) is 74.0 Å². The van der Waals surface area contributed by atoms with E-state index in [-0.39, 0.29) is 17.7 Å². The Morgan fingerprint density at radius 2 is 1.92 bits per heavy atom. The number of anilines is 2. The third-order valence-corrected chi connectivity index (χ3v) is 6.64. The van der Waals surface area contributed by atoms with Crippen molar-refractivity contribution in [3.63, 3.8) is 0 Å². The highest BCUT2D eigenvalue weighted by Crippen LogP contribution is 2.25. The molecule has 196 valence electrons. The van der Waals surface area contributed by atoms with Crippen molar-refractivity contribution in [1.82, 2.24) is 34.9 Å². The SMILES string of the molecule is Cc1cc(-c2cc(Nc3cc4n(n3)CCN(C)C4)ncn2)ccc1CNC(=O)N1CC(OC(C)(C)C)C1. The monoisotopic (exact) mass is 504 g/mol. The molecule has 37 heavy (non-hydrogen) atoms. The third-order valence-electron chi connectivity index (χ3n) is 6.64. The van der Waals surface area contributed by atoms with E-state index < -0.39 is 0 Å². The van der Waals surface area contributed by atoms with Gasteiger partial charge in [-0.1, -0.05) is 12.1 Å². The summed E-state index contributed by atoms with van der Waals surface area (Å²) in [5.41, 5.74) is 4.98. The van der Waals surface area contributed by atoms with Crippen LogP contribution in [0.3, 0.4) is 0 Å². The van der Waals surface area contributed by atoms with E-state index in [4.69, 9.17) is 4.74 Å². The van der Waals surface area contributed by atoms with Gasteiger partial charge in [-0.25, -0.2) is 14.8 Å². The number of amides is 2. The number of carbonyl (C=O) groups excluding carboxylic acids is 1. The van der Waals surface area contributed by atoms with Gasteiger partial charge in [-0.3, -0.25) is 9.58 Å². The van der Waals surface area contributed by atoms with Crippen molar-refractivity contribution in [3.05, 3.63) is 53.5 Å². The summed E-state index contributed by atoms with van der Waals surface area (Å²) in [6.07, 6.45) is 1.67. The van der Waals surface area contributed by atoms with Gasteiger partial charge in [0.2, 0.25) is 0 Å². The Morgan fingerprint density at radius 3 is 2.68 bits per heavy atom. The van der Waals surface area contributed by atoms with E-state index >= 15 is 0 Å². The maximum atomic E-state index is 12.5. The number of hydrogen-bond donors (Lipinski definition) is 2. The summed E-state index contributed by atoms with van der Waals surface area (Å²) in [6, 6.07) is 10.1. The van der Waals surface area contributed by atoms with Gasteiger partial charge in [-0.2, -0.15) is 5.10 Å². The molecule has 10 heteroatoms. The first kappa shape index (κ1) is 25.2. The number of likely N-dealkylation sites (N-methyl/N-ethyl adjacent to an activating group) is 1. The topological polar surface area (TPSA) is 100 Å². The molecule has 2 aliphatic heterocycles. The maximum Gasteiger partial charge on any atom is 0.317 e. The molecule has 2 amide bonds. The van der Waals surface area contributed by atoms with Crippen LogP contribution in [0.25, 0.3) is 11.3 Å². The fraction of sp³-hybridized carbons (Fsp3) is 0.481. The normalized spacial score (nSPS) is 16.3. The molecule has 0 unspecified atom stereocenters. The highest BCUT2D eigenvalue weighted by Gasteiger charge is 2.34. The number of benzene rings is 1. The van der Waals surface area contributed by atoms with Gasteiger partial charge in [0.25, 0.3) is 0 Å². The zero-order valence-electron chi connectivity index (χ0n) is 22.3. The number of fused-ring (bicyclic) bond motifs is 1. The summed E-state index contributed by atoms with van der Waals surface area (Å²) < 4.78 is 7.96. The zero-order chi connectivity index (χ0) is 26.2. The first-order chi connectivity index (χ1) is 17.6. The summed E-state index contributed by atoms with van der Waals surface area (Å²) in [5.74, 6) is 1.49. The lowest BCUT2D eigenvalue weighted by Gasteiger charge is -2.41. The van der Waals surface area contributed by atoms with Crippen LogP contribution in [0.15, 0.2) is 36.7 Å². The van der Waals surface area contributed by atoms with Crippen LogP contribution < -0.4 is 10.6 Å². The van der Waals surface area contributed by atoms with E-state index in [1.54, 1.807) is 11.2 Å². The van der Waals surface area contributed by atoms with Crippen molar-refractivity contribution in [3.8, 4) is 11.3 Å². The van der Waals surface area contributed by atoms with Crippen molar-refractivity contribution in [2.24, 2.45) is 0 Å². The number of aryl methyl sites for hydroxylation is 1. The number of nitrogens with zero attached hydrogens (tertiary/aromatic N) is 6. The van der Waals surface area contributed by atoms with E-state index in [0.29, 0.717) is 25.5 Å². The molecule has 4 heterocycles. The van der Waals surface area contributed by atoms with Gasteiger partial charge in [0, 0.05) is 37.3 Å². The second-order valence-corrected chi connectivity index (χ2v) is 11.0. The summed E-state index contributed by atoms with van der Waals surface area (Å²) in [7, 11) is 2.12. The second-order valence-electron chi connectivity index (χ2n) is 11.0. The molecule has 1 fully saturated rings. The van der Waals surface area contributed by atoms with Gasteiger partial charge in [-0.05, 0) is 51.9 Å². The lowest BCUT2D eigenvalue weighted by molar-refractivity contribution is -0.111. The average molecular weight is 505 g/mol. The minimum absolute atomic E-state index is 0.0589. The number of aromatic nitrogens is 4. The van der Waals surface area contributed by atoms with Crippen LogP contribution in [0.1, 0.15) is 37.6 Å². The minimum Gasteiger partial charge on any atom is -0.369 e. The zero-order valence-corrected chi connectivity index (χ0v) is 22.3. The largest absolute Gasteiger partial charge is 0.369 e. The fourth-order valence-electron chi connectivity index (χ4n) is 4.69. The van der Waals surface area contributed by atoms with Crippen molar-refractivity contribution in [1.29, 1.82) is 0 Å². The molecule has 0 bridgehead atoms. The first-order valence-corrected chi connectivity index (χ1v) is 12.8. The Bertz CT molecular complexity index is 1280. The molecule has 1 aromatic carbocycles. The number of ether oxygens (including phenoxy) is 1. The van der Waals surface area contributed by atoms with Crippen molar-refractivity contribution >= 4 is 17.7 Å². The van der Waals surface area contributed by atoms with Gasteiger partial charge in [0.05, 0.1) is 42.7 Å². The molecule has 1 saturated heterocycles. The highest BCUT2D eigenvalue weighted by atomic mass is 16.5. The lowest BCUT2D eigenvalue weighted by Crippen LogP contribution is -2.59. The molecule has 3 aromatic rings. The van der Waals surface area contributed by atoms with E-state index in [9.17, 15) is 4.79 Å². The van der Waals surface area contributed by atoms with Crippen LogP contribution in [0.2, 0.25) is 0 Å². The smallest absolute Gasteiger partial charge is 0.317 e. The van der Waals surface area contributed by atoms with Crippen LogP contribution in [0, 0.1) is 6.92 Å². The standard InChI is InChI=1S/C27H36N8O2/c1-18-10-19(6-7-20(18)13-28-26(36)34-15-22(16-34)37-27(2,3)4)23-12-24(30-17-29-23)31-25-11-21-14-33(5)8-9-35(21)32-25/h6-7,10-12,17,22H,8-9,13-16H2,1-5H3,(H,28,36)(H,29,30,31,32). The third kappa shape index (κ3) is 6.08. The van der Waals surface area contributed by atoms with Gasteiger partial charge in [-0.15, -0.1) is 0 Å². The number of carbonyl (C=O) groups is 1. The van der Waals surface area contributed by atoms with Crippen molar-refractivity contribution in [2.45, 2.75) is 59.0 Å². The number of nitrogens with one attached hydrogen (secondary N) is 2. The summed E-state index contributed by atoms with van der Waals surface area (Å²) in [5, 5.41) is 11.0. The summed E-state index contributed by atoms with van der Waals surface area (Å²) in [4.78, 5) is 25.4. The number of hydrogen-bond acceptors (Lipinski definition) is 7. The molecular formula is C27H36N8O2. The van der Waals surface area contributed by atoms with E-state index in [1.807, 2.05) is 43.7 Å². The quantitative estimate of drug-likeness (QED) is 0.530. The second kappa shape index (κ2) is 10.1. The van der Waals surface area contributed by atoms with E-state index in [2.05, 4.69) is 56.7 Å². The van der Waals surface area contributed by atoms with Crippen LogP contribution in [0.5, 0.6) is 0 Å². The van der Waals surface area contributed by atoms with Gasteiger partial charge in [0.15, 0.2) is 5.82 Å². The molecule has 10 nitrogen and oxygen atoms in total. The molecule has 0 aliphatic carbocycles. The number of likely N-dealkylation sites (tertiary alicyclic amines) is 1. The maximum absolute atomic E-state index is 12.5. The highest BCUT2D eigenvalue weighted by molar-refractivity contribution is 5.75. The number of urea groups is 1. The Kier molecular flexibility index (Phi) is 6.87. The Hall–Kier alpha value is -3.50. The van der Waals surface area contributed by atoms with E-state index in [0.717, 1.165) is 47.8 Å². The van der Waals surface area contributed by atoms with Crippen molar-refractivity contribution in [2.75, 3.05) is 32.0 Å².